The van der Waals surface area contributed by atoms with Crippen LogP contribution in [-0.4, -0.2) is 54.1 Å². The summed E-state index contributed by atoms with van der Waals surface area (Å²) in [5.41, 5.74) is 1.67. The zero-order valence-corrected chi connectivity index (χ0v) is 22.8. The zero-order chi connectivity index (χ0) is 25.0. The first-order valence-corrected chi connectivity index (χ1v) is 14.5. The summed E-state index contributed by atoms with van der Waals surface area (Å²) in [6, 6.07) is 0.340. The monoisotopic (exact) mass is 487 g/mol. The van der Waals surface area contributed by atoms with E-state index in [-0.39, 0.29) is 17.6 Å². The third-order valence-corrected chi connectivity index (χ3v) is 11.9. The number of fused-ring (bicyclic) bond motifs is 5. The van der Waals surface area contributed by atoms with E-state index in [1.165, 1.54) is 38.5 Å². The number of aliphatic hydroxyl groups is 1. The van der Waals surface area contributed by atoms with Crippen LogP contribution in [0.3, 0.4) is 0 Å². The zero-order valence-electron chi connectivity index (χ0n) is 22.8. The molecule has 0 bridgehead atoms. The van der Waals surface area contributed by atoms with Crippen LogP contribution in [0.25, 0.3) is 0 Å². The lowest BCUT2D eigenvalue weighted by Gasteiger charge is -2.61. The molecule has 35 heavy (non-hydrogen) atoms. The molecule has 1 heterocycles. The number of carbonyl (C=O) groups excluding carboxylic acids is 1. The van der Waals surface area contributed by atoms with E-state index in [9.17, 15) is 9.90 Å². The molecule has 0 aromatic rings. The highest BCUT2D eigenvalue weighted by molar-refractivity contribution is 5.85. The molecule has 2 N–H and O–H groups in total. The average Bonchev–Trinajstić information content (AvgIpc) is 3.39. The Morgan fingerprint density at radius 1 is 1.06 bits per heavy atom. The molecule has 5 aliphatic rings. The Kier molecular flexibility index (Phi) is 7.02. The van der Waals surface area contributed by atoms with E-state index in [1.54, 1.807) is 4.90 Å². The number of hydrogen-bond donors (Lipinski definition) is 2. The van der Waals surface area contributed by atoms with Crippen molar-refractivity contribution in [1.82, 2.24) is 10.2 Å². The molecular weight excluding hydrogens is 438 g/mol. The van der Waals surface area contributed by atoms with E-state index >= 15 is 0 Å². The highest BCUT2D eigenvalue weighted by Crippen LogP contribution is 2.67. The molecule has 1 amide bonds. The number of oxime groups is 1. The van der Waals surface area contributed by atoms with Crippen molar-refractivity contribution in [3.63, 3.8) is 0 Å². The SMILES string of the molecule is C/C(=N\OC(=O)N(C)CC1NCCC1C)[C@H]1CC[C@H]2[C@@H]3CC[C@@H]4C[C@H](O)CC[C@]4(C)[C@H]3CC[C@]12C. The van der Waals surface area contributed by atoms with Crippen LogP contribution in [-0.2, 0) is 4.84 Å². The van der Waals surface area contributed by atoms with Gasteiger partial charge in [0, 0.05) is 25.6 Å². The van der Waals surface area contributed by atoms with Gasteiger partial charge in [-0.25, -0.2) is 4.79 Å². The summed E-state index contributed by atoms with van der Waals surface area (Å²) in [5, 5.41) is 18.2. The molecule has 6 nitrogen and oxygen atoms in total. The van der Waals surface area contributed by atoms with E-state index in [0.717, 1.165) is 55.7 Å². The predicted octanol–water partition coefficient (Wildman–Crippen LogP) is 5.45. The second-order valence-electron chi connectivity index (χ2n) is 13.6. The van der Waals surface area contributed by atoms with Gasteiger partial charge < -0.3 is 15.3 Å². The number of nitrogens with zero attached hydrogens (tertiary/aromatic N) is 2. The van der Waals surface area contributed by atoms with E-state index in [2.05, 4.69) is 38.2 Å². The van der Waals surface area contributed by atoms with Gasteiger partial charge in [0.05, 0.1) is 11.8 Å². The highest BCUT2D eigenvalue weighted by Gasteiger charge is 2.60. The van der Waals surface area contributed by atoms with Gasteiger partial charge in [0.1, 0.15) is 0 Å². The molecule has 6 heteroatoms. The van der Waals surface area contributed by atoms with Gasteiger partial charge >= 0.3 is 6.09 Å². The number of aliphatic hydroxyl groups excluding tert-OH is 1. The van der Waals surface area contributed by atoms with Crippen LogP contribution in [0.15, 0.2) is 5.16 Å². The van der Waals surface area contributed by atoms with Crippen LogP contribution in [0.1, 0.15) is 91.9 Å². The van der Waals surface area contributed by atoms with Crippen molar-refractivity contribution in [2.45, 2.75) is 104 Å². The van der Waals surface area contributed by atoms with E-state index in [1.807, 2.05) is 7.05 Å². The van der Waals surface area contributed by atoms with E-state index in [4.69, 9.17) is 4.84 Å². The maximum atomic E-state index is 12.7. The molecule has 0 radical (unpaired) electrons. The normalized spacial score (nSPS) is 47.5. The minimum atomic E-state index is -0.348. The Bertz CT molecular complexity index is 832. The summed E-state index contributed by atoms with van der Waals surface area (Å²) in [7, 11) is 1.81. The summed E-state index contributed by atoms with van der Waals surface area (Å²) in [6.07, 6.45) is 11.6. The second kappa shape index (κ2) is 9.63. The van der Waals surface area contributed by atoms with E-state index in [0.29, 0.717) is 35.8 Å². The first-order valence-electron chi connectivity index (χ1n) is 14.5. The number of rotatable bonds is 4. The molecule has 1 aliphatic heterocycles. The van der Waals surface area contributed by atoms with Gasteiger partial charge in [-0.05, 0) is 118 Å². The van der Waals surface area contributed by atoms with Gasteiger partial charge in [-0.2, -0.15) is 0 Å². The molecule has 198 valence electrons. The maximum absolute atomic E-state index is 12.7. The van der Waals surface area contributed by atoms with Crippen molar-refractivity contribution < 1.29 is 14.7 Å². The first-order chi connectivity index (χ1) is 16.6. The summed E-state index contributed by atoms with van der Waals surface area (Å²) < 4.78 is 0. The van der Waals surface area contributed by atoms with Crippen molar-refractivity contribution >= 4 is 11.8 Å². The van der Waals surface area contributed by atoms with Gasteiger partial charge in [0.25, 0.3) is 0 Å². The van der Waals surface area contributed by atoms with Gasteiger partial charge in [-0.15, -0.1) is 0 Å². The van der Waals surface area contributed by atoms with Crippen LogP contribution in [0.5, 0.6) is 0 Å². The number of hydrogen-bond acceptors (Lipinski definition) is 5. The molecule has 1 saturated heterocycles. The number of carbonyl (C=O) groups is 1. The minimum Gasteiger partial charge on any atom is -0.393 e. The van der Waals surface area contributed by atoms with Crippen molar-refractivity contribution in [2.24, 2.45) is 51.5 Å². The minimum absolute atomic E-state index is 0.0761. The highest BCUT2D eigenvalue weighted by atomic mass is 16.7. The van der Waals surface area contributed by atoms with Gasteiger partial charge in [0.2, 0.25) is 0 Å². The Labute approximate surface area is 212 Å². The maximum Gasteiger partial charge on any atom is 0.435 e. The molecule has 4 saturated carbocycles. The van der Waals surface area contributed by atoms with Crippen molar-refractivity contribution in [2.75, 3.05) is 20.1 Å². The molecule has 10 atom stereocenters. The Hall–Kier alpha value is -1.14. The quantitative estimate of drug-likeness (QED) is 0.314. The van der Waals surface area contributed by atoms with Gasteiger partial charge in [-0.1, -0.05) is 25.9 Å². The largest absolute Gasteiger partial charge is 0.435 e. The first kappa shape index (κ1) is 25.5. The summed E-state index contributed by atoms with van der Waals surface area (Å²) in [6.45, 7) is 11.1. The Morgan fingerprint density at radius 3 is 2.54 bits per heavy atom. The van der Waals surface area contributed by atoms with Crippen LogP contribution in [0, 0.1) is 46.3 Å². The van der Waals surface area contributed by atoms with Crippen LogP contribution in [0.2, 0.25) is 0 Å². The summed E-state index contributed by atoms with van der Waals surface area (Å²) >= 11 is 0. The molecule has 2 unspecified atom stereocenters. The summed E-state index contributed by atoms with van der Waals surface area (Å²) in [4.78, 5) is 19.8. The smallest absolute Gasteiger partial charge is 0.393 e. The lowest BCUT2D eigenvalue weighted by atomic mass is 9.44. The number of likely N-dealkylation sites (N-methyl/N-ethyl adjacent to an activating group) is 1. The lowest BCUT2D eigenvalue weighted by Crippen LogP contribution is -2.54. The third-order valence-electron chi connectivity index (χ3n) is 11.9. The Morgan fingerprint density at radius 2 is 1.80 bits per heavy atom. The third kappa shape index (κ3) is 4.45. The molecule has 0 spiro atoms. The molecule has 4 aliphatic carbocycles. The lowest BCUT2D eigenvalue weighted by molar-refractivity contribution is -0.123. The fourth-order valence-corrected chi connectivity index (χ4v) is 9.68. The van der Waals surface area contributed by atoms with E-state index < -0.39 is 0 Å². The number of nitrogens with one attached hydrogen (secondary N) is 1. The van der Waals surface area contributed by atoms with Gasteiger partial charge in [0.15, 0.2) is 0 Å². The number of amides is 1. The van der Waals surface area contributed by atoms with Crippen LogP contribution < -0.4 is 5.32 Å². The van der Waals surface area contributed by atoms with Crippen molar-refractivity contribution in [3.05, 3.63) is 0 Å². The van der Waals surface area contributed by atoms with Gasteiger partial charge in [-0.3, -0.25) is 4.84 Å². The second-order valence-corrected chi connectivity index (χ2v) is 13.6. The standard InChI is InChI=1S/C29H49N3O3/c1-18-12-15-30-26(18)17-32(5)27(34)35-31-19(2)23-8-9-24-22-7-6-20-16-21(33)10-13-28(20,3)25(22)11-14-29(23,24)4/h18,20-26,30,33H,6-17H2,1-5H3/b31-19+/t18?,20-,21-,22+,23-,24+,25+,26?,28+,29-/m1/s1. The van der Waals surface area contributed by atoms with Crippen LogP contribution in [0.4, 0.5) is 4.79 Å². The molecule has 0 aromatic heterocycles. The molecule has 0 aromatic carbocycles. The van der Waals surface area contributed by atoms with Crippen molar-refractivity contribution in [1.29, 1.82) is 0 Å². The Balaban J connectivity index is 1.23. The predicted molar refractivity (Wildman–Crippen MR) is 139 cm³/mol. The average molecular weight is 488 g/mol. The molecule has 5 rings (SSSR count). The molecule has 5 fully saturated rings. The fraction of sp³-hybridized carbons (Fsp3) is 0.931. The molecular formula is C29H49N3O3. The topological polar surface area (TPSA) is 74.2 Å². The van der Waals surface area contributed by atoms with Crippen molar-refractivity contribution in [3.8, 4) is 0 Å². The fourth-order valence-electron chi connectivity index (χ4n) is 9.68. The summed E-state index contributed by atoms with van der Waals surface area (Å²) in [5.74, 6) is 4.04. The van der Waals surface area contributed by atoms with Crippen LogP contribution >= 0.6 is 0 Å².